The van der Waals surface area contributed by atoms with Gasteiger partial charge in [0.1, 0.15) is 0 Å². The van der Waals surface area contributed by atoms with Crippen LogP contribution in [-0.2, 0) is 16.3 Å². The van der Waals surface area contributed by atoms with E-state index in [2.05, 4.69) is 10.3 Å². The Morgan fingerprint density at radius 3 is 2.50 bits per heavy atom. The lowest BCUT2D eigenvalue weighted by molar-refractivity contribution is 0.102. The molecule has 1 aromatic carbocycles. The number of nitrogens with one attached hydrogen (secondary N) is 2. The molecule has 0 spiro atoms. The van der Waals surface area contributed by atoms with Crippen molar-refractivity contribution in [2.24, 2.45) is 0 Å². The minimum atomic E-state index is -3.29. The summed E-state index contributed by atoms with van der Waals surface area (Å²) in [5.41, 5.74) is 3.11. The van der Waals surface area contributed by atoms with Crippen molar-refractivity contribution in [2.45, 2.75) is 38.2 Å². The largest absolute Gasteiger partial charge is 0.393 e. The van der Waals surface area contributed by atoms with Crippen molar-refractivity contribution in [3.63, 3.8) is 0 Å². The fourth-order valence-corrected chi connectivity index (χ4v) is 3.59. The SMILES string of the molecule is Cc1cc(NC(=O)c2cc(C[C@H](C)O)[nH]c2C)ccc1S(C)(=O)=O. The van der Waals surface area contributed by atoms with Crippen LogP contribution in [0.2, 0.25) is 0 Å². The summed E-state index contributed by atoms with van der Waals surface area (Å²) in [6.45, 7) is 5.16. The summed E-state index contributed by atoms with van der Waals surface area (Å²) < 4.78 is 23.3. The van der Waals surface area contributed by atoms with Gasteiger partial charge in [0.25, 0.3) is 5.91 Å². The number of H-pyrrole nitrogens is 1. The first-order valence-corrected chi connectivity index (χ1v) is 9.45. The van der Waals surface area contributed by atoms with Crippen LogP contribution in [0.1, 0.15) is 34.2 Å². The van der Waals surface area contributed by atoms with Gasteiger partial charge < -0.3 is 15.4 Å². The lowest BCUT2D eigenvalue weighted by Gasteiger charge is -2.08. The first-order chi connectivity index (χ1) is 11.1. The number of hydrogen-bond donors (Lipinski definition) is 3. The maximum atomic E-state index is 12.4. The monoisotopic (exact) mass is 350 g/mol. The number of aryl methyl sites for hydroxylation is 2. The van der Waals surface area contributed by atoms with E-state index in [1.807, 2.05) is 0 Å². The van der Waals surface area contributed by atoms with Crippen molar-refractivity contribution in [3.8, 4) is 0 Å². The molecule has 0 bridgehead atoms. The van der Waals surface area contributed by atoms with Gasteiger partial charge in [-0.1, -0.05) is 0 Å². The summed E-state index contributed by atoms with van der Waals surface area (Å²) in [4.78, 5) is 15.7. The Kier molecular flexibility index (Phi) is 5.15. The number of aliphatic hydroxyl groups excluding tert-OH is 1. The van der Waals surface area contributed by atoms with Gasteiger partial charge in [-0.15, -0.1) is 0 Å². The van der Waals surface area contributed by atoms with Gasteiger partial charge in [-0.3, -0.25) is 4.79 Å². The maximum absolute atomic E-state index is 12.4. The van der Waals surface area contributed by atoms with Crippen LogP contribution in [0, 0.1) is 13.8 Å². The van der Waals surface area contributed by atoms with Crippen molar-refractivity contribution in [2.75, 3.05) is 11.6 Å². The Bertz CT molecular complexity index is 867. The van der Waals surface area contributed by atoms with Crippen molar-refractivity contribution in [1.82, 2.24) is 4.98 Å². The Hall–Kier alpha value is -2.12. The van der Waals surface area contributed by atoms with Gasteiger partial charge >= 0.3 is 0 Å². The third-order valence-electron chi connectivity index (χ3n) is 3.66. The summed E-state index contributed by atoms with van der Waals surface area (Å²) in [6, 6.07) is 6.41. The third-order valence-corrected chi connectivity index (χ3v) is 4.92. The summed E-state index contributed by atoms with van der Waals surface area (Å²) in [7, 11) is -3.29. The summed E-state index contributed by atoms with van der Waals surface area (Å²) >= 11 is 0. The molecule has 24 heavy (non-hydrogen) atoms. The van der Waals surface area contributed by atoms with E-state index in [9.17, 15) is 18.3 Å². The number of aliphatic hydroxyl groups is 1. The molecule has 0 unspecified atom stereocenters. The number of carbonyl (C=O) groups excluding carboxylic acids is 1. The highest BCUT2D eigenvalue weighted by atomic mass is 32.2. The predicted octanol–water partition coefficient (Wildman–Crippen LogP) is 2.21. The van der Waals surface area contributed by atoms with Gasteiger partial charge in [-0.05, 0) is 50.6 Å². The number of anilines is 1. The molecule has 0 aliphatic carbocycles. The van der Waals surface area contributed by atoms with Gasteiger partial charge in [0.15, 0.2) is 9.84 Å². The van der Waals surface area contributed by atoms with E-state index in [1.165, 1.54) is 6.07 Å². The van der Waals surface area contributed by atoms with Crippen molar-refractivity contribution >= 4 is 21.4 Å². The molecular formula is C17H22N2O4S. The molecule has 0 aliphatic heterocycles. The van der Waals surface area contributed by atoms with Gasteiger partial charge in [-0.25, -0.2) is 8.42 Å². The highest BCUT2D eigenvalue weighted by Gasteiger charge is 2.15. The second kappa shape index (κ2) is 6.78. The molecule has 0 saturated heterocycles. The van der Waals surface area contributed by atoms with E-state index in [1.54, 1.807) is 39.0 Å². The summed E-state index contributed by atoms with van der Waals surface area (Å²) in [6.07, 6.45) is 1.10. The average molecular weight is 350 g/mol. The number of carbonyl (C=O) groups is 1. The zero-order chi connectivity index (χ0) is 18.1. The van der Waals surface area contributed by atoms with Crippen LogP contribution in [0.5, 0.6) is 0 Å². The molecule has 6 nitrogen and oxygen atoms in total. The Balaban J connectivity index is 2.21. The molecule has 1 aromatic heterocycles. The van der Waals surface area contributed by atoms with Crippen molar-refractivity contribution in [1.29, 1.82) is 0 Å². The standard InChI is InChI=1S/C17H22N2O4S/c1-10-7-13(5-6-16(10)24(4,22)23)19-17(21)15-9-14(8-11(2)20)18-12(15)3/h5-7,9,11,18,20H,8H2,1-4H3,(H,19,21)/t11-/m0/s1. The van der Waals surface area contributed by atoms with E-state index in [0.717, 1.165) is 11.9 Å². The molecule has 3 N–H and O–H groups in total. The highest BCUT2D eigenvalue weighted by Crippen LogP contribution is 2.21. The first kappa shape index (κ1) is 18.2. The molecule has 1 amide bonds. The van der Waals surface area contributed by atoms with Gasteiger partial charge in [0.05, 0.1) is 16.6 Å². The van der Waals surface area contributed by atoms with E-state index in [4.69, 9.17) is 0 Å². The van der Waals surface area contributed by atoms with Crippen LogP contribution < -0.4 is 5.32 Å². The predicted molar refractivity (Wildman–Crippen MR) is 93.2 cm³/mol. The molecule has 0 fully saturated rings. The van der Waals surface area contributed by atoms with Crippen LogP contribution in [0.4, 0.5) is 5.69 Å². The highest BCUT2D eigenvalue weighted by molar-refractivity contribution is 7.90. The van der Waals surface area contributed by atoms with Gasteiger partial charge in [0, 0.05) is 29.8 Å². The summed E-state index contributed by atoms with van der Waals surface area (Å²) in [5, 5.41) is 12.2. The average Bonchev–Trinajstić information content (AvgIpc) is 2.77. The number of rotatable bonds is 5. The number of benzene rings is 1. The van der Waals surface area contributed by atoms with Crippen LogP contribution >= 0.6 is 0 Å². The second-order valence-corrected chi connectivity index (χ2v) is 8.08. The number of amides is 1. The van der Waals surface area contributed by atoms with E-state index in [-0.39, 0.29) is 10.8 Å². The van der Waals surface area contributed by atoms with Crippen molar-refractivity contribution < 1.29 is 18.3 Å². The smallest absolute Gasteiger partial charge is 0.257 e. The number of hydrogen-bond acceptors (Lipinski definition) is 4. The Morgan fingerprint density at radius 1 is 1.29 bits per heavy atom. The van der Waals surface area contributed by atoms with Crippen LogP contribution in [0.3, 0.4) is 0 Å². The fourth-order valence-electron chi connectivity index (χ4n) is 2.63. The zero-order valence-electron chi connectivity index (χ0n) is 14.2. The lowest BCUT2D eigenvalue weighted by Crippen LogP contribution is -2.13. The first-order valence-electron chi connectivity index (χ1n) is 7.56. The topological polar surface area (TPSA) is 99.3 Å². The number of sulfone groups is 1. The molecule has 2 aromatic rings. The van der Waals surface area contributed by atoms with Crippen LogP contribution in [-0.4, -0.2) is 36.8 Å². The number of aromatic amines is 1. The lowest BCUT2D eigenvalue weighted by atomic mass is 10.1. The molecule has 1 atom stereocenters. The molecule has 130 valence electrons. The van der Waals surface area contributed by atoms with Gasteiger partial charge in [0.2, 0.25) is 0 Å². The maximum Gasteiger partial charge on any atom is 0.257 e. The Morgan fingerprint density at radius 2 is 1.96 bits per heavy atom. The second-order valence-electron chi connectivity index (χ2n) is 6.09. The van der Waals surface area contributed by atoms with E-state index >= 15 is 0 Å². The van der Waals surface area contributed by atoms with Crippen LogP contribution in [0.15, 0.2) is 29.2 Å². The minimum absolute atomic E-state index is 0.248. The molecule has 0 aliphatic rings. The number of aromatic nitrogens is 1. The molecule has 1 heterocycles. The van der Waals surface area contributed by atoms with Crippen molar-refractivity contribution in [3.05, 3.63) is 46.8 Å². The molecule has 0 radical (unpaired) electrons. The summed E-state index contributed by atoms with van der Waals surface area (Å²) in [5.74, 6) is -0.285. The van der Waals surface area contributed by atoms with E-state index in [0.29, 0.717) is 28.9 Å². The zero-order valence-corrected chi connectivity index (χ0v) is 15.0. The fraction of sp³-hybridized carbons (Fsp3) is 0.353. The van der Waals surface area contributed by atoms with Gasteiger partial charge in [-0.2, -0.15) is 0 Å². The molecule has 7 heteroatoms. The normalized spacial score (nSPS) is 12.9. The molecule has 0 saturated carbocycles. The third kappa shape index (κ3) is 4.24. The van der Waals surface area contributed by atoms with Crippen LogP contribution in [0.25, 0.3) is 0 Å². The molecular weight excluding hydrogens is 328 g/mol. The minimum Gasteiger partial charge on any atom is -0.393 e. The Labute approximate surface area is 141 Å². The molecule has 2 rings (SSSR count). The van der Waals surface area contributed by atoms with E-state index < -0.39 is 15.9 Å². The quantitative estimate of drug-likeness (QED) is 0.770.